The molecule has 0 aliphatic carbocycles. The zero-order valence-electron chi connectivity index (χ0n) is 12.5. The Morgan fingerprint density at radius 2 is 1.91 bits per heavy atom. The summed E-state index contributed by atoms with van der Waals surface area (Å²) in [6, 6.07) is 13.8. The van der Waals surface area contributed by atoms with Crippen molar-refractivity contribution >= 4 is 16.9 Å². The zero-order valence-corrected chi connectivity index (χ0v) is 14.5. The van der Waals surface area contributed by atoms with Crippen molar-refractivity contribution in [1.29, 1.82) is 0 Å². The Morgan fingerprint density at radius 3 is 2.64 bits per heavy atom. The molecule has 4 nitrogen and oxygen atoms in total. The fourth-order valence-corrected chi connectivity index (χ4v) is 2.60. The van der Waals surface area contributed by atoms with Gasteiger partial charge in [0.2, 0.25) is 0 Å². The third-order valence-electron chi connectivity index (χ3n) is 3.54. The molecular formula is C17H15N2NaO2. The number of carboxylic acid groups (broad SMARTS) is 1. The Balaban J connectivity index is 0.00000176. The molecule has 0 amide bonds. The van der Waals surface area contributed by atoms with Crippen LogP contribution in [-0.4, -0.2) is 15.9 Å². The van der Waals surface area contributed by atoms with Crippen LogP contribution in [0.5, 0.6) is 0 Å². The maximum Gasteiger partial charge on any atom is 1.00 e. The van der Waals surface area contributed by atoms with Crippen molar-refractivity contribution in [3.8, 4) is 11.4 Å². The van der Waals surface area contributed by atoms with Crippen LogP contribution in [0.2, 0.25) is 0 Å². The van der Waals surface area contributed by atoms with Gasteiger partial charge in [0, 0.05) is 23.1 Å². The average Bonchev–Trinajstić information content (AvgIpc) is 2.87. The Hall–Kier alpha value is -1.62. The molecule has 0 bridgehead atoms. The van der Waals surface area contributed by atoms with Crippen molar-refractivity contribution in [2.75, 3.05) is 0 Å². The third kappa shape index (κ3) is 3.58. The van der Waals surface area contributed by atoms with Gasteiger partial charge in [0.05, 0.1) is 11.4 Å². The van der Waals surface area contributed by atoms with E-state index in [9.17, 15) is 9.90 Å². The minimum absolute atomic E-state index is 0. The van der Waals surface area contributed by atoms with Crippen LogP contribution in [0.25, 0.3) is 22.3 Å². The van der Waals surface area contributed by atoms with E-state index in [-0.39, 0.29) is 36.0 Å². The average molecular weight is 302 g/mol. The number of nitrogens with zero attached hydrogens (tertiary/aromatic N) is 1. The minimum atomic E-state index is -1.01. The second kappa shape index (κ2) is 7.58. The number of aromatic nitrogens is 2. The Morgan fingerprint density at radius 1 is 1.14 bits per heavy atom. The number of aliphatic carboxylic acids is 1. The van der Waals surface area contributed by atoms with Crippen LogP contribution in [0.15, 0.2) is 48.7 Å². The molecule has 2 aromatic heterocycles. The number of aryl methyl sites for hydroxylation is 1. The van der Waals surface area contributed by atoms with Crippen LogP contribution in [-0.2, 0) is 11.2 Å². The Labute approximate surface area is 150 Å². The number of carbonyl (C=O) groups is 1. The molecule has 0 unspecified atom stereocenters. The molecule has 0 atom stereocenters. The van der Waals surface area contributed by atoms with E-state index >= 15 is 0 Å². The van der Waals surface area contributed by atoms with Gasteiger partial charge in [0.1, 0.15) is 0 Å². The molecule has 22 heavy (non-hydrogen) atoms. The number of H-pyrrole nitrogens is 1. The summed E-state index contributed by atoms with van der Waals surface area (Å²) >= 11 is 0. The maximum atomic E-state index is 10.6. The summed E-state index contributed by atoms with van der Waals surface area (Å²) in [5.41, 5.74) is 4.00. The van der Waals surface area contributed by atoms with Crippen molar-refractivity contribution in [3.05, 3.63) is 54.2 Å². The molecular weight excluding hydrogens is 287 g/mol. The summed E-state index contributed by atoms with van der Waals surface area (Å²) in [5, 5.41) is 11.7. The predicted molar refractivity (Wildman–Crippen MR) is 79.5 cm³/mol. The summed E-state index contributed by atoms with van der Waals surface area (Å²) < 4.78 is 0. The van der Waals surface area contributed by atoms with Crippen LogP contribution in [0.4, 0.5) is 0 Å². The van der Waals surface area contributed by atoms with Crippen molar-refractivity contribution < 1.29 is 39.5 Å². The van der Waals surface area contributed by atoms with Crippen molar-refractivity contribution in [3.63, 3.8) is 0 Å². The number of para-hydroxylation sites is 1. The molecule has 0 fully saturated rings. The molecule has 106 valence electrons. The summed E-state index contributed by atoms with van der Waals surface area (Å²) in [4.78, 5) is 18.4. The van der Waals surface area contributed by atoms with E-state index < -0.39 is 5.97 Å². The topological polar surface area (TPSA) is 68.8 Å². The van der Waals surface area contributed by atoms with Gasteiger partial charge in [0.15, 0.2) is 0 Å². The maximum absolute atomic E-state index is 10.6. The molecule has 0 aliphatic heterocycles. The van der Waals surface area contributed by atoms with Crippen LogP contribution in [0, 0.1) is 0 Å². The molecule has 0 spiro atoms. The molecule has 3 rings (SSSR count). The predicted octanol–water partition coefficient (Wildman–Crippen LogP) is -0.693. The van der Waals surface area contributed by atoms with Gasteiger partial charge >= 0.3 is 29.6 Å². The first kappa shape index (κ1) is 16.7. The number of nitrogens with one attached hydrogen (secondary N) is 1. The van der Waals surface area contributed by atoms with E-state index in [2.05, 4.69) is 9.97 Å². The van der Waals surface area contributed by atoms with Crippen LogP contribution in [0.1, 0.15) is 18.4 Å². The summed E-state index contributed by atoms with van der Waals surface area (Å²) in [5.74, 6) is -1.01. The van der Waals surface area contributed by atoms with Gasteiger partial charge in [-0.15, -0.1) is 0 Å². The fraction of sp³-hybridized carbons (Fsp3) is 0.176. The zero-order chi connectivity index (χ0) is 14.7. The normalized spacial score (nSPS) is 10.4. The number of carbonyl (C=O) groups excluding carboxylic acids is 1. The summed E-state index contributed by atoms with van der Waals surface area (Å²) in [6.45, 7) is 0. The van der Waals surface area contributed by atoms with Crippen molar-refractivity contribution in [2.24, 2.45) is 0 Å². The number of rotatable bonds is 5. The quantitative estimate of drug-likeness (QED) is 0.634. The molecule has 1 N–H and O–H groups in total. The first-order chi connectivity index (χ1) is 10.3. The SMILES string of the molecule is O=C([O-])CCCc1c(-c2ccccn2)[nH]c2ccccc12.[Na+]. The van der Waals surface area contributed by atoms with E-state index in [4.69, 9.17) is 0 Å². The molecule has 0 saturated carbocycles. The third-order valence-corrected chi connectivity index (χ3v) is 3.54. The fourth-order valence-electron chi connectivity index (χ4n) is 2.60. The Kier molecular flexibility index (Phi) is 5.77. The van der Waals surface area contributed by atoms with Crippen LogP contribution >= 0.6 is 0 Å². The van der Waals surface area contributed by atoms with E-state index in [1.54, 1.807) is 6.20 Å². The summed E-state index contributed by atoms with van der Waals surface area (Å²) in [6.07, 6.45) is 3.07. The van der Waals surface area contributed by atoms with E-state index in [0.717, 1.165) is 27.9 Å². The molecule has 0 saturated heterocycles. The molecule has 0 aliphatic rings. The molecule has 2 heterocycles. The van der Waals surface area contributed by atoms with Gasteiger partial charge < -0.3 is 14.9 Å². The number of pyridine rings is 1. The molecule has 5 heteroatoms. The molecule has 1 aromatic carbocycles. The summed E-state index contributed by atoms with van der Waals surface area (Å²) in [7, 11) is 0. The van der Waals surface area contributed by atoms with Gasteiger partial charge in [0.25, 0.3) is 0 Å². The van der Waals surface area contributed by atoms with E-state index in [0.29, 0.717) is 12.8 Å². The first-order valence-corrected chi connectivity index (χ1v) is 6.96. The number of aromatic amines is 1. The number of benzene rings is 1. The van der Waals surface area contributed by atoms with Gasteiger partial charge in [-0.05, 0) is 43.0 Å². The van der Waals surface area contributed by atoms with Crippen molar-refractivity contribution in [2.45, 2.75) is 19.3 Å². The molecule has 0 radical (unpaired) electrons. The van der Waals surface area contributed by atoms with E-state index in [1.807, 2.05) is 42.5 Å². The van der Waals surface area contributed by atoms with E-state index in [1.165, 1.54) is 0 Å². The van der Waals surface area contributed by atoms with Gasteiger partial charge in [-0.3, -0.25) is 4.98 Å². The second-order valence-corrected chi connectivity index (χ2v) is 4.96. The van der Waals surface area contributed by atoms with Gasteiger partial charge in [-0.2, -0.15) is 0 Å². The largest absolute Gasteiger partial charge is 1.00 e. The van der Waals surface area contributed by atoms with Crippen LogP contribution < -0.4 is 34.7 Å². The molecule has 3 aromatic rings. The monoisotopic (exact) mass is 302 g/mol. The van der Waals surface area contributed by atoms with Gasteiger partial charge in [-0.1, -0.05) is 24.3 Å². The van der Waals surface area contributed by atoms with Crippen LogP contribution in [0.3, 0.4) is 0 Å². The second-order valence-electron chi connectivity index (χ2n) is 4.96. The van der Waals surface area contributed by atoms with Crippen molar-refractivity contribution in [1.82, 2.24) is 9.97 Å². The number of hydrogen-bond acceptors (Lipinski definition) is 3. The van der Waals surface area contributed by atoms with Gasteiger partial charge in [-0.25, -0.2) is 0 Å². The number of carboxylic acids is 1. The first-order valence-electron chi connectivity index (χ1n) is 6.96. The smallest absolute Gasteiger partial charge is 0.550 e. The standard InChI is InChI=1S/C17H16N2O2.Na/c20-16(21)10-5-7-13-12-6-1-2-8-14(12)19-17(13)15-9-3-4-11-18-15;/h1-4,6,8-9,11,19H,5,7,10H2,(H,20,21);/q;+1/p-1. The number of hydrogen-bond donors (Lipinski definition) is 1. The number of fused-ring (bicyclic) bond motifs is 1. The Bertz CT molecular complexity index is 769. The minimum Gasteiger partial charge on any atom is -0.550 e.